The van der Waals surface area contributed by atoms with E-state index < -0.39 is 0 Å². The van der Waals surface area contributed by atoms with E-state index in [-0.39, 0.29) is 0 Å². The first kappa shape index (κ1) is 8.51. The molecule has 68 valence electrons. The number of hydrogen-bond donors (Lipinski definition) is 0. The maximum atomic E-state index is 6.11. The van der Waals surface area contributed by atoms with Gasteiger partial charge in [0.25, 0.3) is 0 Å². The minimum absolute atomic E-state index is 0.328. The van der Waals surface area contributed by atoms with Gasteiger partial charge in [-0.15, -0.1) is 0 Å². The monoisotopic (exact) mass is 195 g/mol. The third-order valence-corrected chi connectivity index (χ3v) is 2.27. The molecule has 2 aromatic heterocycles. The van der Waals surface area contributed by atoms with Crippen molar-refractivity contribution in [3.05, 3.63) is 29.2 Å². The zero-order valence-electron chi connectivity index (χ0n) is 7.53. The lowest BCUT2D eigenvalue weighted by atomic mass is 10.1. The lowest BCUT2D eigenvalue weighted by Gasteiger charge is -1.97. The topological polar surface area (TPSA) is 30.2 Å². The molecule has 0 atom stereocenters. The Bertz CT molecular complexity index is 433. The smallest absolute Gasteiger partial charge is 0.174 e. The molecule has 4 heteroatoms. The molecular formula is C9H10ClN3. The molecule has 0 N–H and O–H groups in total. The maximum Gasteiger partial charge on any atom is 0.174 e. The number of aromatic nitrogens is 3. The van der Waals surface area contributed by atoms with E-state index in [9.17, 15) is 0 Å². The second-order valence-corrected chi connectivity index (χ2v) is 3.62. The van der Waals surface area contributed by atoms with Gasteiger partial charge in [-0.05, 0) is 12.0 Å². The van der Waals surface area contributed by atoms with Crippen molar-refractivity contribution in [3.63, 3.8) is 0 Å². The largest absolute Gasteiger partial charge is 0.236 e. The fourth-order valence-electron chi connectivity index (χ4n) is 1.24. The minimum atomic E-state index is 0.328. The Hall–Kier alpha value is -1.09. The van der Waals surface area contributed by atoms with Gasteiger partial charge in [-0.2, -0.15) is 5.10 Å². The fourth-order valence-corrected chi connectivity index (χ4v) is 1.64. The van der Waals surface area contributed by atoms with Crippen LogP contribution in [0.15, 0.2) is 18.5 Å². The van der Waals surface area contributed by atoms with Crippen LogP contribution in [0.5, 0.6) is 0 Å². The van der Waals surface area contributed by atoms with Gasteiger partial charge in [0.1, 0.15) is 5.02 Å². The third-order valence-electron chi connectivity index (χ3n) is 1.91. The number of fused-ring (bicyclic) bond motifs is 1. The first-order valence-electron chi connectivity index (χ1n) is 4.19. The molecule has 2 heterocycles. The predicted molar refractivity (Wildman–Crippen MR) is 52.1 cm³/mol. The van der Waals surface area contributed by atoms with Crippen molar-refractivity contribution in [1.29, 1.82) is 0 Å². The molecule has 0 aliphatic heterocycles. The Labute approximate surface area is 81.4 Å². The molecule has 0 aliphatic carbocycles. The molecule has 0 radical (unpaired) electrons. The van der Waals surface area contributed by atoms with Crippen LogP contribution in [0.25, 0.3) is 5.65 Å². The van der Waals surface area contributed by atoms with E-state index in [1.807, 2.05) is 12.3 Å². The normalized spacial score (nSPS) is 11.4. The number of hydrogen-bond acceptors (Lipinski definition) is 2. The molecule has 0 spiro atoms. The van der Waals surface area contributed by atoms with E-state index in [1.54, 1.807) is 10.7 Å². The van der Waals surface area contributed by atoms with Gasteiger partial charge in [-0.1, -0.05) is 25.4 Å². The Morgan fingerprint density at radius 3 is 2.85 bits per heavy atom. The van der Waals surface area contributed by atoms with Crippen molar-refractivity contribution in [2.24, 2.45) is 0 Å². The van der Waals surface area contributed by atoms with E-state index in [1.165, 1.54) is 0 Å². The highest BCUT2D eigenvalue weighted by Gasteiger charge is 2.13. The van der Waals surface area contributed by atoms with Gasteiger partial charge in [0.15, 0.2) is 5.65 Å². The lowest BCUT2D eigenvalue weighted by molar-refractivity contribution is 0.786. The van der Waals surface area contributed by atoms with Gasteiger partial charge in [0.05, 0.1) is 5.69 Å². The van der Waals surface area contributed by atoms with Crippen LogP contribution in [0.4, 0.5) is 0 Å². The van der Waals surface area contributed by atoms with Crippen LogP contribution in [-0.2, 0) is 0 Å². The van der Waals surface area contributed by atoms with Crippen LogP contribution >= 0.6 is 11.6 Å². The number of nitrogens with zero attached hydrogens (tertiary/aromatic N) is 3. The molecule has 0 saturated heterocycles. The molecule has 0 saturated carbocycles. The summed E-state index contributed by atoms with van der Waals surface area (Å²) < 4.78 is 1.71. The average molecular weight is 196 g/mol. The molecule has 0 amide bonds. The predicted octanol–water partition coefficient (Wildman–Crippen LogP) is 2.51. The van der Waals surface area contributed by atoms with Crippen LogP contribution in [0.3, 0.4) is 0 Å². The average Bonchev–Trinajstić information content (AvgIpc) is 2.45. The summed E-state index contributed by atoms with van der Waals surface area (Å²) in [7, 11) is 0. The van der Waals surface area contributed by atoms with Crippen molar-refractivity contribution in [3.8, 4) is 0 Å². The summed E-state index contributed by atoms with van der Waals surface area (Å²) in [6.07, 6.45) is 3.56. The van der Waals surface area contributed by atoms with E-state index in [0.29, 0.717) is 10.9 Å². The second kappa shape index (κ2) is 3.00. The zero-order valence-corrected chi connectivity index (χ0v) is 8.28. The first-order chi connectivity index (χ1) is 6.20. The van der Waals surface area contributed by atoms with Crippen LogP contribution < -0.4 is 0 Å². The summed E-state index contributed by atoms with van der Waals surface area (Å²) in [5.74, 6) is 0.328. The Balaban J connectivity index is 2.74. The minimum Gasteiger partial charge on any atom is -0.236 e. The first-order valence-corrected chi connectivity index (χ1v) is 4.56. The molecule has 0 unspecified atom stereocenters. The molecular weight excluding hydrogens is 186 g/mol. The molecule has 2 aromatic rings. The number of rotatable bonds is 1. The van der Waals surface area contributed by atoms with Crippen molar-refractivity contribution < 1.29 is 0 Å². The molecule has 0 aromatic carbocycles. The lowest BCUT2D eigenvalue weighted by Crippen LogP contribution is -1.90. The molecule has 0 fully saturated rings. The summed E-state index contributed by atoms with van der Waals surface area (Å²) in [5, 5.41) is 5.00. The standard InChI is InChI=1S/C9H10ClN3/c1-6(2)8-7(10)9-11-4-3-5-13(9)12-8/h3-6H,1-2H3. The van der Waals surface area contributed by atoms with Gasteiger partial charge in [-0.25, -0.2) is 9.50 Å². The van der Waals surface area contributed by atoms with Crippen LogP contribution in [0.1, 0.15) is 25.5 Å². The Kier molecular flexibility index (Phi) is 1.96. The molecule has 0 bridgehead atoms. The van der Waals surface area contributed by atoms with Crippen LogP contribution in [0, 0.1) is 0 Å². The quantitative estimate of drug-likeness (QED) is 0.700. The van der Waals surface area contributed by atoms with Crippen molar-refractivity contribution >= 4 is 17.2 Å². The molecule has 2 rings (SSSR count). The highest BCUT2D eigenvalue weighted by Crippen LogP contribution is 2.25. The third kappa shape index (κ3) is 1.29. The van der Waals surface area contributed by atoms with Gasteiger partial charge in [-0.3, -0.25) is 0 Å². The van der Waals surface area contributed by atoms with E-state index in [0.717, 1.165) is 11.3 Å². The van der Waals surface area contributed by atoms with Crippen LogP contribution in [-0.4, -0.2) is 14.6 Å². The Morgan fingerprint density at radius 1 is 1.46 bits per heavy atom. The summed E-state index contributed by atoms with van der Waals surface area (Å²) in [5.41, 5.74) is 1.63. The van der Waals surface area contributed by atoms with Gasteiger partial charge in [0.2, 0.25) is 0 Å². The van der Waals surface area contributed by atoms with Gasteiger partial charge < -0.3 is 0 Å². The zero-order chi connectivity index (χ0) is 9.42. The fraction of sp³-hybridized carbons (Fsp3) is 0.333. The summed E-state index contributed by atoms with van der Waals surface area (Å²) in [6.45, 7) is 4.13. The SMILES string of the molecule is CC(C)c1nn2cccnc2c1Cl. The van der Waals surface area contributed by atoms with Crippen molar-refractivity contribution in [1.82, 2.24) is 14.6 Å². The molecule has 13 heavy (non-hydrogen) atoms. The summed E-state index contributed by atoms with van der Waals surface area (Å²) in [4.78, 5) is 4.15. The molecule has 0 aliphatic rings. The van der Waals surface area contributed by atoms with E-state index in [2.05, 4.69) is 23.9 Å². The second-order valence-electron chi connectivity index (χ2n) is 3.24. The van der Waals surface area contributed by atoms with E-state index >= 15 is 0 Å². The van der Waals surface area contributed by atoms with Crippen molar-refractivity contribution in [2.45, 2.75) is 19.8 Å². The molecule has 3 nitrogen and oxygen atoms in total. The Morgan fingerprint density at radius 2 is 2.23 bits per heavy atom. The highest BCUT2D eigenvalue weighted by molar-refractivity contribution is 6.34. The van der Waals surface area contributed by atoms with E-state index in [4.69, 9.17) is 11.6 Å². The summed E-state index contributed by atoms with van der Waals surface area (Å²) >= 11 is 6.11. The van der Waals surface area contributed by atoms with Gasteiger partial charge >= 0.3 is 0 Å². The summed E-state index contributed by atoms with van der Waals surface area (Å²) in [6, 6.07) is 1.83. The van der Waals surface area contributed by atoms with Crippen molar-refractivity contribution in [2.75, 3.05) is 0 Å². The maximum absolute atomic E-state index is 6.11. The van der Waals surface area contributed by atoms with Crippen LogP contribution in [0.2, 0.25) is 5.02 Å². The highest BCUT2D eigenvalue weighted by atomic mass is 35.5. The number of halogens is 1. The van der Waals surface area contributed by atoms with Gasteiger partial charge in [0, 0.05) is 12.4 Å².